The lowest BCUT2D eigenvalue weighted by Gasteiger charge is -2.15. The van der Waals surface area contributed by atoms with Crippen molar-refractivity contribution in [3.8, 4) is 5.75 Å². The fourth-order valence-corrected chi connectivity index (χ4v) is 3.80. The molecule has 8 nitrogen and oxygen atoms in total. The maximum absolute atomic E-state index is 12.5. The zero-order valence-corrected chi connectivity index (χ0v) is 15.2. The van der Waals surface area contributed by atoms with Crippen LogP contribution in [0.15, 0.2) is 35.7 Å². The molecular weight excluding hydrogens is 360 g/mol. The number of hydrogen-bond acceptors (Lipinski definition) is 5. The molecule has 2 rings (SSSR count). The fourth-order valence-electron chi connectivity index (χ4n) is 2.30. The molecule has 0 radical (unpaired) electrons. The van der Waals surface area contributed by atoms with Gasteiger partial charge in [0.25, 0.3) is 5.91 Å². The Bertz CT molecular complexity index is 801. The van der Waals surface area contributed by atoms with Crippen LogP contribution in [0.3, 0.4) is 0 Å². The van der Waals surface area contributed by atoms with Crippen molar-refractivity contribution >= 4 is 21.9 Å². The SMILES string of the molecule is C=CCCC(NC(=O)c1ccc(OC)c(S(=O)(=O)NC2CC2)c1)C(=O)O. The molecule has 1 unspecified atom stereocenters. The first-order valence-electron chi connectivity index (χ1n) is 8.13. The summed E-state index contributed by atoms with van der Waals surface area (Å²) in [5.74, 6) is -1.74. The molecule has 0 spiro atoms. The van der Waals surface area contributed by atoms with Gasteiger partial charge in [0.05, 0.1) is 7.11 Å². The van der Waals surface area contributed by atoms with Crippen LogP contribution in [-0.4, -0.2) is 44.6 Å². The predicted octanol–water partition coefficient (Wildman–Crippen LogP) is 1.29. The molecule has 1 aliphatic rings. The Morgan fingerprint density at radius 1 is 1.42 bits per heavy atom. The van der Waals surface area contributed by atoms with Crippen molar-refractivity contribution in [1.29, 1.82) is 0 Å². The van der Waals surface area contributed by atoms with E-state index in [2.05, 4.69) is 16.6 Å². The van der Waals surface area contributed by atoms with Gasteiger partial charge >= 0.3 is 5.97 Å². The largest absolute Gasteiger partial charge is 0.495 e. The van der Waals surface area contributed by atoms with Gasteiger partial charge in [-0.2, -0.15) is 0 Å². The smallest absolute Gasteiger partial charge is 0.326 e. The zero-order valence-electron chi connectivity index (χ0n) is 14.4. The maximum atomic E-state index is 12.5. The molecule has 0 heterocycles. The molecule has 142 valence electrons. The van der Waals surface area contributed by atoms with E-state index in [9.17, 15) is 23.1 Å². The molecule has 1 aromatic carbocycles. The molecule has 1 aliphatic carbocycles. The Morgan fingerprint density at radius 3 is 2.65 bits per heavy atom. The summed E-state index contributed by atoms with van der Waals surface area (Å²) in [5.41, 5.74) is 0.0341. The Morgan fingerprint density at radius 2 is 2.12 bits per heavy atom. The third-order valence-corrected chi connectivity index (χ3v) is 5.42. The average Bonchev–Trinajstić information content (AvgIpc) is 3.40. The number of aliphatic carboxylic acids is 1. The molecule has 3 N–H and O–H groups in total. The number of rotatable bonds is 10. The summed E-state index contributed by atoms with van der Waals surface area (Å²) in [6.07, 6.45) is 3.71. The third kappa shape index (κ3) is 5.06. The van der Waals surface area contributed by atoms with E-state index in [4.69, 9.17) is 4.74 Å². The van der Waals surface area contributed by atoms with Crippen molar-refractivity contribution in [2.75, 3.05) is 7.11 Å². The van der Waals surface area contributed by atoms with Crippen LogP contribution < -0.4 is 14.8 Å². The molecule has 1 atom stereocenters. The highest BCUT2D eigenvalue weighted by Crippen LogP contribution is 2.28. The lowest BCUT2D eigenvalue weighted by atomic mass is 10.1. The quantitative estimate of drug-likeness (QED) is 0.524. The van der Waals surface area contributed by atoms with Crippen LogP contribution in [-0.2, 0) is 14.8 Å². The molecule has 1 aromatic rings. The highest BCUT2D eigenvalue weighted by molar-refractivity contribution is 7.89. The maximum Gasteiger partial charge on any atom is 0.326 e. The van der Waals surface area contributed by atoms with Crippen molar-refractivity contribution in [3.63, 3.8) is 0 Å². The summed E-state index contributed by atoms with van der Waals surface area (Å²) in [6.45, 7) is 3.52. The number of carbonyl (C=O) groups excluding carboxylic acids is 1. The van der Waals surface area contributed by atoms with Crippen LogP contribution in [0.4, 0.5) is 0 Å². The first-order valence-corrected chi connectivity index (χ1v) is 9.61. The average molecular weight is 382 g/mol. The van der Waals surface area contributed by atoms with Gasteiger partial charge < -0.3 is 15.2 Å². The van der Waals surface area contributed by atoms with Crippen LogP contribution in [0.2, 0.25) is 0 Å². The second-order valence-corrected chi connectivity index (χ2v) is 7.67. The molecular formula is C17H22N2O6S. The van der Waals surface area contributed by atoms with Gasteiger partial charge in [-0.25, -0.2) is 17.9 Å². The van der Waals surface area contributed by atoms with Gasteiger partial charge in [0.2, 0.25) is 10.0 Å². The van der Waals surface area contributed by atoms with Crippen molar-refractivity contribution in [1.82, 2.24) is 10.0 Å². The molecule has 1 saturated carbocycles. The minimum atomic E-state index is -3.84. The first-order chi connectivity index (χ1) is 12.3. The third-order valence-electron chi connectivity index (χ3n) is 3.88. The number of allylic oxidation sites excluding steroid dienone is 1. The predicted molar refractivity (Wildman–Crippen MR) is 94.7 cm³/mol. The number of hydrogen-bond donors (Lipinski definition) is 3. The number of ether oxygens (including phenoxy) is 1. The monoisotopic (exact) mass is 382 g/mol. The van der Waals surface area contributed by atoms with E-state index >= 15 is 0 Å². The Hall–Kier alpha value is -2.39. The summed E-state index contributed by atoms with van der Waals surface area (Å²) in [4.78, 5) is 23.5. The second kappa shape index (κ2) is 8.33. The van der Waals surface area contributed by atoms with Crippen LogP contribution in [0.1, 0.15) is 36.0 Å². The van der Waals surface area contributed by atoms with Crippen molar-refractivity contribution in [2.45, 2.75) is 42.7 Å². The first kappa shape index (κ1) is 19.9. The molecule has 0 bridgehead atoms. The number of carboxylic acids is 1. The summed E-state index contributed by atoms with van der Waals surface area (Å²) < 4.78 is 32.6. The van der Waals surface area contributed by atoms with Crippen molar-refractivity contribution < 1.29 is 27.9 Å². The van der Waals surface area contributed by atoms with Crippen molar-refractivity contribution in [2.24, 2.45) is 0 Å². The van der Waals surface area contributed by atoms with Crippen LogP contribution in [0, 0.1) is 0 Å². The van der Waals surface area contributed by atoms with E-state index < -0.39 is 27.9 Å². The molecule has 9 heteroatoms. The van der Waals surface area contributed by atoms with E-state index in [1.807, 2.05) is 0 Å². The van der Waals surface area contributed by atoms with Gasteiger partial charge in [0.15, 0.2) is 0 Å². The lowest BCUT2D eigenvalue weighted by Crippen LogP contribution is -2.40. The number of benzene rings is 1. The summed E-state index contributed by atoms with van der Waals surface area (Å²) >= 11 is 0. The molecule has 0 aliphatic heterocycles. The molecule has 1 fully saturated rings. The minimum absolute atomic E-state index is 0.0341. The highest BCUT2D eigenvalue weighted by atomic mass is 32.2. The van der Waals surface area contributed by atoms with Gasteiger partial charge in [-0.3, -0.25) is 4.79 Å². The number of nitrogens with one attached hydrogen (secondary N) is 2. The Labute approximate surface area is 152 Å². The van der Waals surface area contributed by atoms with E-state index in [0.29, 0.717) is 6.42 Å². The standard InChI is InChI=1S/C17H22N2O6S/c1-3-4-5-13(17(21)22)18-16(20)11-6-9-14(25-2)15(10-11)26(23,24)19-12-7-8-12/h3,6,9-10,12-13,19H,1,4-5,7-8H2,2H3,(H,18,20)(H,21,22). The minimum Gasteiger partial charge on any atom is -0.495 e. The number of methoxy groups -OCH3 is 1. The molecule has 0 saturated heterocycles. The Kier molecular flexibility index (Phi) is 6.38. The van der Waals surface area contributed by atoms with Gasteiger partial charge in [-0.1, -0.05) is 6.08 Å². The zero-order chi connectivity index (χ0) is 19.3. The summed E-state index contributed by atoms with van der Waals surface area (Å²) in [7, 11) is -2.51. The van der Waals surface area contributed by atoms with Gasteiger partial charge in [0, 0.05) is 11.6 Å². The van der Waals surface area contributed by atoms with Crippen molar-refractivity contribution in [3.05, 3.63) is 36.4 Å². The van der Waals surface area contributed by atoms with Crippen LogP contribution >= 0.6 is 0 Å². The van der Waals surface area contributed by atoms with E-state index in [0.717, 1.165) is 12.8 Å². The Balaban J connectivity index is 2.25. The van der Waals surface area contributed by atoms with Gasteiger partial charge in [0.1, 0.15) is 16.7 Å². The number of carbonyl (C=O) groups is 2. The van der Waals surface area contributed by atoms with Gasteiger partial charge in [-0.05, 0) is 43.9 Å². The summed E-state index contributed by atoms with van der Waals surface area (Å²) in [6, 6.07) is 2.75. The second-order valence-electron chi connectivity index (χ2n) is 5.99. The van der Waals surface area contributed by atoms with E-state index in [1.54, 1.807) is 6.08 Å². The number of carboxylic acid groups (broad SMARTS) is 1. The topological polar surface area (TPSA) is 122 Å². The number of amides is 1. The molecule has 26 heavy (non-hydrogen) atoms. The van der Waals surface area contributed by atoms with E-state index in [1.165, 1.54) is 25.3 Å². The highest BCUT2D eigenvalue weighted by Gasteiger charge is 2.30. The number of sulfonamides is 1. The molecule has 0 aromatic heterocycles. The normalized spacial score (nSPS) is 15.1. The van der Waals surface area contributed by atoms with Crippen LogP contribution in [0.5, 0.6) is 5.75 Å². The molecule has 1 amide bonds. The van der Waals surface area contributed by atoms with Gasteiger partial charge in [-0.15, -0.1) is 6.58 Å². The summed E-state index contributed by atoms with van der Waals surface area (Å²) in [5, 5.41) is 11.6. The van der Waals surface area contributed by atoms with E-state index in [-0.39, 0.29) is 28.7 Å². The fraction of sp³-hybridized carbons (Fsp3) is 0.412. The lowest BCUT2D eigenvalue weighted by molar-refractivity contribution is -0.139. The van der Waals surface area contributed by atoms with Crippen LogP contribution in [0.25, 0.3) is 0 Å².